The van der Waals surface area contributed by atoms with E-state index in [1.165, 1.54) is 14.0 Å². The molecule has 1 atom stereocenters. The van der Waals surface area contributed by atoms with Crippen LogP contribution in [0.3, 0.4) is 0 Å². The van der Waals surface area contributed by atoms with E-state index in [1.54, 1.807) is 0 Å². The summed E-state index contributed by atoms with van der Waals surface area (Å²) in [6.07, 6.45) is 0.412. The lowest BCUT2D eigenvalue weighted by Gasteiger charge is -2.29. The second kappa shape index (κ2) is 7.79. The highest BCUT2D eigenvalue weighted by molar-refractivity contribution is 5.83. The number of amides is 1. The first kappa shape index (κ1) is 16.3. The van der Waals surface area contributed by atoms with Gasteiger partial charge in [0, 0.05) is 32.1 Å². The molecule has 1 heterocycles. The van der Waals surface area contributed by atoms with Crippen molar-refractivity contribution < 1.29 is 19.1 Å². The smallest absolute Gasteiger partial charge is 0.328 e. The van der Waals surface area contributed by atoms with Crippen molar-refractivity contribution in [1.82, 2.24) is 5.32 Å². The third kappa shape index (κ3) is 4.46. The standard InChI is InChI=1S/C16H22N2O4/c1-12(19)17-15(16(20)21-2)11-13-3-5-14(6-4-13)18-7-9-22-10-8-18/h3-6,15H,7-11H2,1-2H3,(H,17,19). The SMILES string of the molecule is COC(=O)C(Cc1ccc(N2CCOCC2)cc1)NC(C)=O. The Morgan fingerprint density at radius 2 is 1.91 bits per heavy atom. The van der Waals surface area contributed by atoms with Gasteiger partial charge in [0.2, 0.25) is 5.91 Å². The molecule has 1 amide bonds. The number of hydrogen-bond donors (Lipinski definition) is 1. The molecule has 0 bridgehead atoms. The number of carbonyl (C=O) groups is 2. The first-order valence-corrected chi connectivity index (χ1v) is 7.36. The van der Waals surface area contributed by atoms with Gasteiger partial charge in [0.25, 0.3) is 0 Å². The summed E-state index contributed by atoms with van der Waals surface area (Å²) >= 11 is 0. The number of ether oxygens (including phenoxy) is 2. The molecular formula is C16H22N2O4. The van der Waals surface area contributed by atoms with Crippen LogP contribution in [-0.4, -0.2) is 51.3 Å². The lowest BCUT2D eigenvalue weighted by Crippen LogP contribution is -2.42. The summed E-state index contributed by atoms with van der Waals surface area (Å²) in [7, 11) is 1.32. The summed E-state index contributed by atoms with van der Waals surface area (Å²) in [5.41, 5.74) is 2.11. The van der Waals surface area contributed by atoms with Crippen LogP contribution in [0.2, 0.25) is 0 Å². The predicted molar refractivity (Wildman–Crippen MR) is 82.8 cm³/mol. The van der Waals surface area contributed by atoms with E-state index in [9.17, 15) is 9.59 Å². The molecule has 1 N–H and O–H groups in total. The van der Waals surface area contributed by atoms with Gasteiger partial charge in [-0.05, 0) is 17.7 Å². The van der Waals surface area contributed by atoms with Crippen LogP contribution in [0.25, 0.3) is 0 Å². The maximum atomic E-state index is 11.7. The number of nitrogens with one attached hydrogen (secondary N) is 1. The number of nitrogens with zero attached hydrogens (tertiary/aromatic N) is 1. The Kier molecular flexibility index (Phi) is 5.77. The third-order valence-corrected chi connectivity index (χ3v) is 3.62. The summed E-state index contributed by atoms with van der Waals surface area (Å²) in [6.45, 7) is 4.65. The molecule has 0 spiro atoms. The molecule has 1 unspecified atom stereocenters. The Labute approximate surface area is 130 Å². The fourth-order valence-corrected chi connectivity index (χ4v) is 2.48. The first-order chi connectivity index (χ1) is 10.6. The highest BCUT2D eigenvalue weighted by atomic mass is 16.5. The summed E-state index contributed by atoms with van der Waals surface area (Å²) in [4.78, 5) is 25.2. The van der Waals surface area contributed by atoms with E-state index in [4.69, 9.17) is 9.47 Å². The monoisotopic (exact) mass is 306 g/mol. The van der Waals surface area contributed by atoms with Crippen LogP contribution in [0.15, 0.2) is 24.3 Å². The largest absolute Gasteiger partial charge is 0.467 e. The van der Waals surface area contributed by atoms with Crippen LogP contribution in [-0.2, 0) is 25.5 Å². The lowest BCUT2D eigenvalue weighted by atomic mass is 10.1. The van der Waals surface area contributed by atoms with Gasteiger partial charge in [-0.15, -0.1) is 0 Å². The Morgan fingerprint density at radius 3 is 2.45 bits per heavy atom. The van der Waals surface area contributed by atoms with Crippen LogP contribution >= 0.6 is 0 Å². The van der Waals surface area contributed by atoms with E-state index in [1.807, 2.05) is 24.3 Å². The molecule has 1 aromatic rings. The zero-order chi connectivity index (χ0) is 15.9. The number of hydrogen-bond acceptors (Lipinski definition) is 5. The highest BCUT2D eigenvalue weighted by Crippen LogP contribution is 2.17. The molecule has 6 heteroatoms. The van der Waals surface area contributed by atoms with E-state index in [0.717, 1.165) is 37.6 Å². The van der Waals surface area contributed by atoms with Crippen molar-refractivity contribution in [2.45, 2.75) is 19.4 Å². The molecule has 1 saturated heterocycles. The van der Waals surface area contributed by atoms with Crippen molar-refractivity contribution in [3.63, 3.8) is 0 Å². The normalized spacial score (nSPS) is 16.0. The number of anilines is 1. The zero-order valence-corrected chi connectivity index (χ0v) is 13.0. The van der Waals surface area contributed by atoms with Gasteiger partial charge in [0.15, 0.2) is 0 Å². The van der Waals surface area contributed by atoms with Crippen LogP contribution < -0.4 is 10.2 Å². The van der Waals surface area contributed by atoms with Gasteiger partial charge in [-0.2, -0.15) is 0 Å². The van der Waals surface area contributed by atoms with E-state index in [-0.39, 0.29) is 5.91 Å². The molecule has 1 aromatic carbocycles. The zero-order valence-electron chi connectivity index (χ0n) is 13.0. The maximum Gasteiger partial charge on any atom is 0.328 e. The molecule has 0 aliphatic carbocycles. The Bertz CT molecular complexity index is 509. The van der Waals surface area contributed by atoms with Crippen molar-refractivity contribution in [3.05, 3.63) is 29.8 Å². The van der Waals surface area contributed by atoms with Crippen molar-refractivity contribution in [2.24, 2.45) is 0 Å². The highest BCUT2D eigenvalue weighted by Gasteiger charge is 2.20. The number of benzene rings is 1. The second-order valence-electron chi connectivity index (χ2n) is 5.25. The molecular weight excluding hydrogens is 284 g/mol. The topological polar surface area (TPSA) is 67.9 Å². The van der Waals surface area contributed by atoms with Gasteiger partial charge in [0.1, 0.15) is 6.04 Å². The summed E-state index contributed by atoms with van der Waals surface area (Å²) in [5, 5.41) is 2.62. The maximum absolute atomic E-state index is 11.7. The van der Waals surface area contributed by atoms with E-state index < -0.39 is 12.0 Å². The first-order valence-electron chi connectivity index (χ1n) is 7.36. The van der Waals surface area contributed by atoms with E-state index in [2.05, 4.69) is 10.2 Å². The number of esters is 1. The Hall–Kier alpha value is -2.08. The molecule has 6 nitrogen and oxygen atoms in total. The van der Waals surface area contributed by atoms with E-state index >= 15 is 0 Å². The lowest BCUT2D eigenvalue weighted by molar-refractivity contribution is -0.144. The van der Waals surface area contributed by atoms with Crippen molar-refractivity contribution in [3.8, 4) is 0 Å². The summed E-state index contributed by atoms with van der Waals surface area (Å²) in [5.74, 6) is -0.687. The summed E-state index contributed by atoms with van der Waals surface area (Å²) < 4.78 is 10.1. The predicted octanol–water partition coefficient (Wildman–Crippen LogP) is 0.743. The van der Waals surface area contributed by atoms with Gasteiger partial charge >= 0.3 is 5.97 Å². The van der Waals surface area contributed by atoms with Crippen molar-refractivity contribution >= 4 is 17.6 Å². The fraction of sp³-hybridized carbons (Fsp3) is 0.500. The molecule has 0 aromatic heterocycles. The number of rotatable bonds is 5. The molecule has 120 valence electrons. The molecule has 0 saturated carbocycles. The van der Waals surface area contributed by atoms with Crippen LogP contribution in [0.5, 0.6) is 0 Å². The van der Waals surface area contributed by atoms with Crippen molar-refractivity contribution in [1.29, 1.82) is 0 Å². The summed E-state index contributed by atoms with van der Waals surface area (Å²) in [6, 6.07) is 7.35. The molecule has 2 rings (SSSR count). The van der Waals surface area contributed by atoms with Gasteiger partial charge in [-0.25, -0.2) is 4.79 Å². The molecule has 1 fully saturated rings. The molecule has 0 radical (unpaired) electrons. The molecule has 1 aliphatic rings. The number of methoxy groups -OCH3 is 1. The number of carbonyl (C=O) groups excluding carboxylic acids is 2. The minimum Gasteiger partial charge on any atom is -0.467 e. The minimum absolute atomic E-state index is 0.250. The Morgan fingerprint density at radius 1 is 1.27 bits per heavy atom. The third-order valence-electron chi connectivity index (χ3n) is 3.62. The molecule has 22 heavy (non-hydrogen) atoms. The average molecular weight is 306 g/mol. The van der Waals surface area contributed by atoms with Gasteiger partial charge in [0.05, 0.1) is 20.3 Å². The van der Waals surface area contributed by atoms with Crippen LogP contribution in [0.4, 0.5) is 5.69 Å². The second-order valence-corrected chi connectivity index (χ2v) is 5.25. The van der Waals surface area contributed by atoms with Gasteiger partial charge in [-0.1, -0.05) is 12.1 Å². The fourth-order valence-electron chi connectivity index (χ4n) is 2.48. The Balaban J connectivity index is 2.01. The quantitative estimate of drug-likeness (QED) is 0.813. The number of morpholine rings is 1. The van der Waals surface area contributed by atoms with Crippen LogP contribution in [0, 0.1) is 0 Å². The van der Waals surface area contributed by atoms with Crippen LogP contribution in [0.1, 0.15) is 12.5 Å². The van der Waals surface area contributed by atoms with Crippen molar-refractivity contribution in [2.75, 3.05) is 38.3 Å². The van der Waals surface area contributed by atoms with Gasteiger partial charge in [-0.3, -0.25) is 4.79 Å². The van der Waals surface area contributed by atoms with Gasteiger partial charge < -0.3 is 19.7 Å². The molecule has 1 aliphatic heterocycles. The average Bonchev–Trinajstić information content (AvgIpc) is 2.54. The van der Waals surface area contributed by atoms with E-state index in [0.29, 0.717) is 6.42 Å². The minimum atomic E-state index is -0.656.